The van der Waals surface area contributed by atoms with Crippen molar-refractivity contribution in [1.82, 2.24) is 24.6 Å². The number of hydrogen-bond donors (Lipinski definition) is 1. The van der Waals surface area contributed by atoms with Gasteiger partial charge in [-0.3, -0.25) is 4.79 Å². The minimum absolute atomic E-state index is 0.0218. The second-order valence-corrected chi connectivity index (χ2v) is 7.31. The summed E-state index contributed by atoms with van der Waals surface area (Å²) in [6, 6.07) is 17.3. The highest BCUT2D eigenvalue weighted by atomic mass is 16.3. The monoisotopic (exact) mass is 391 g/mol. The first kappa shape index (κ1) is 19.3. The molecule has 3 heterocycles. The molecule has 1 atom stereocenters. The van der Waals surface area contributed by atoms with Crippen molar-refractivity contribution in [2.45, 2.75) is 12.5 Å². The first-order valence-electron chi connectivity index (χ1n) is 9.84. The number of nitrogens with zero attached hydrogens (tertiary/aromatic N) is 5. The summed E-state index contributed by atoms with van der Waals surface area (Å²) in [4.78, 5) is 21.8. The lowest BCUT2D eigenvalue weighted by atomic mass is 10.1. The molecule has 1 saturated heterocycles. The number of carbonyl (C=O) groups is 1. The smallest absolute Gasteiger partial charge is 0.274 e. The zero-order chi connectivity index (χ0) is 20.2. The van der Waals surface area contributed by atoms with Crippen molar-refractivity contribution < 1.29 is 9.90 Å². The van der Waals surface area contributed by atoms with Crippen LogP contribution in [0.3, 0.4) is 0 Å². The topological polar surface area (TPSA) is 74.5 Å². The second kappa shape index (κ2) is 8.55. The first-order chi connectivity index (χ1) is 14.2. The molecule has 4 rings (SSSR count). The third-order valence-corrected chi connectivity index (χ3v) is 5.27. The van der Waals surface area contributed by atoms with Gasteiger partial charge in [0, 0.05) is 44.0 Å². The van der Waals surface area contributed by atoms with Gasteiger partial charge in [-0.1, -0.05) is 36.4 Å². The van der Waals surface area contributed by atoms with Crippen LogP contribution in [0.25, 0.3) is 17.1 Å². The summed E-state index contributed by atoms with van der Waals surface area (Å²) in [6.45, 7) is 2.23. The van der Waals surface area contributed by atoms with Gasteiger partial charge < -0.3 is 14.9 Å². The van der Waals surface area contributed by atoms with E-state index in [0.29, 0.717) is 24.5 Å². The van der Waals surface area contributed by atoms with Gasteiger partial charge in [0.25, 0.3) is 5.91 Å². The van der Waals surface area contributed by atoms with Crippen molar-refractivity contribution in [3.8, 4) is 17.1 Å². The average molecular weight is 391 g/mol. The summed E-state index contributed by atoms with van der Waals surface area (Å²) in [7, 11) is 2.04. The molecule has 1 N–H and O–H groups in total. The molecular formula is C22H25N5O2. The molecule has 1 fully saturated rings. The van der Waals surface area contributed by atoms with Gasteiger partial charge in [-0.05, 0) is 31.7 Å². The summed E-state index contributed by atoms with van der Waals surface area (Å²) in [5, 5.41) is 14.1. The SMILES string of the molecule is CN1CCN(C(=O)c2cc(-c3ccccc3)n(-c3ccccn3)n2)C(CCO)C1. The van der Waals surface area contributed by atoms with Crippen molar-refractivity contribution in [2.24, 2.45) is 0 Å². The Morgan fingerprint density at radius 3 is 2.66 bits per heavy atom. The number of aliphatic hydroxyl groups is 1. The van der Waals surface area contributed by atoms with Crippen LogP contribution in [0.15, 0.2) is 60.8 Å². The van der Waals surface area contributed by atoms with Crippen molar-refractivity contribution in [3.05, 3.63) is 66.5 Å². The van der Waals surface area contributed by atoms with E-state index in [1.54, 1.807) is 10.9 Å². The van der Waals surface area contributed by atoms with Crippen LogP contribution in [0.5, 0.6) is 0 Å². The Balaban J connectivity index is 1.73. The van der Waals surface area contributed by atoms with Gasteiger partial charge in [0.2, 0.25) is 0 Å². The van der Waals surface area contributed by atoms with Crippen LogP contribution in [0.2, 0.25) is 0 Å². The number of aliphatic hydroxyl groups excluding tert-OH is 1. The fraction of sp³-hybridized carbons (Fsp3) is 0.318. The molecule has 0 spiro atoms. The second-order valence-electron chi connectivity index (χ2n) is 7.31. The maximum absolute atomic E-state index is 13.3. The van der Waals surface area contributed by atoms with Gasteiger partial charge >= 0.3 is 0 Å². The maximum atomic E-state index is 13.3. The zero-order valence-electron chi connectivity index (χ0n) is 16.5. The number of piperazine rings is 1. The van der Waals surface area contributed by atoms with E-state index in [9.17, 15) is 9.90 Å². The number of rotatable bonds is 5. The molecule has 0 radical (unpaired) electrons. The minimum Gasteiger partial charge on any atom is -0.396 e. The van der Waals surface area contributed by atoms with Crippen LogP contribution >= 0.6 is 0 Å². The average Bonchev–Trinajstić information content (AvgIpc) is 3.20. The van der Waals surface area contributed by atoms with E-state index in [-0.39, 0.29) is 18.6 Å². The Bertz CT molecular complexity index is 901. The van der Waals surface area contributed by atoms with Gasteiger partial charge in [0.15, 0.2) is 11.5 Å². The van der Waals surface area contributed by atoms with Gasteiger partial charge in [-0.2, -0.15) is 5.10 Å². The van der Waals surface area contributed by atoms with Gasteiger partial charge in [-0.15, -0.1) is 0 Å². The normalized spacial score (nSPS) is 17.4. The van der Waals surface area contributed by atoms with Crippen LogP contribution < -0.4 is 0 Å². The molecule has 0 bridgehead atoms. The Labute approximate surface area is 170 Å². The highest BCUT2D eigenvalue weighted by molar-refractivity contribution is 5.94. The Hall–Kier alpha value is -3.03. The third kappa shape index (κ3) is 4.06. The van der Waals surface area contributed by atoms with Crippen LogP contribution in [0.1, 0.15) is 16.9 Å². The Kier molecular flexibility index (Phi) is 5.69. The molecule has 7 heteroatoms. The molecule has 0 saturated carbocycles. The molecule has 2 aromatic heterocycles. The standard InChI is InChI=1S/C22H25N5O2/c1-25-12-13-26(18(16-25)10-14-28)22(29)19-15-20(17-7-3-2-4-8-17)27(24-19)21-9-5-6-11-23-21/h2-9,11,15,18,28H,10,12-14,16H2,1H3. The van der Waals surface area contributed by atoms with Crippen LogP contribution in [0, 0.1) is 0 Å². The lowest BCUT2D eigenvalue weighted by molar-refractivity contribution is 0.0442. The predicted molar refractivity (Wildman–Crippen MR) is 111 cm³/mol. The summed E-state index contributed by atoms with van der Waals surface area (Å²) in [5.74, 6) is 0.555. The Morgan fingerprint density at radius 1 is 1.14 bits per heavy atom. The van der Waals surface area contributed by atoms with Crippen molar-refractivity contribution in [3.63, 3.8) is 0 Å². The quantitative estimate of drug-likeness (QED) is 0.721. The Morgan fingerprint density at radius 2 is 1.93 bits per heavy atom. The van der Waals surface area contributed by atoms with Gasteiger partial charge in [-0.25, -0.2) is 9.67 Å². The number of carbonyl (C=O) groups excluding carboxylic acids is 1. The molecule has 1 aliphatic heterocycles. The van der Waals surface area contributed by atoms with Crippen LogP contribution in [0.4, 0.5) is 0 Å². The van der Waals surface area contributed by atoms with Crippen molar-refractivity contribution in [1.29, 1.82) is 0 Å². The van der Waals surface area contributed by atoms with Gasteiger partial charge in [0.05, 0.1) is 5.69 Å². The highest BCUT2D eigenvalue weighted by Gasteiger charge is 2.31. The third-order valence-electron chi connectivity index (χ3n) is 5.27. The molecule has 1 aromatic carbocycles. The largest absolute Gasteiger partial charge is 0.396 e. The van der Waals surface area contributed by atoms with E-state index in [2.05, 4.69) is 15.0 Å². The molecule has 29 heavy (non-hydrogen) atoms. The summed E-state index contributed by atoms with van der Waals surface area (Å²) in [5.41, 5.74) is 2.18. The maximum Gasteiger partial charge on any atom is 0.274 e. The molecule has 7 nitrogen and oxygen atoms in total. The number of hydrogen-bond acceptors (Lipinski definition) is 5. The number of amides is 1. The van der Waals surface area contributed by atoms with Gasteiger partial charge in [0.1, 0.15) is 0 Å². The van der Waals surface area contributed by atoms with Crippen LogP contribution in [-0.2, 0) is 0 Å². The summed E-state index contributed by atoms with van der Waals surface area (Å²) >= 11 is 0. The van der Waals surface area contributed by atoms with Crippen molar-refractivity contribution in [2.75, 3.05) is 33.3 Å². The number of likely N-dealkylation sites (N-methyl/N-ethyl adjacent to an activating group) is 1. The lowest BCUT2D eigenvalue weighted by Crippen LogP contribution is -2.54. The number of pyridine rings is 1. The van der Waals surface area contributed by atoms with E-state index >= 15 is 0 Å². The molecule has 1 aliphatic rings. The predicted octanol–water partition coefficient (Wildman–Crippen LogP) is 2.07. The molecule has 1 amide bonds. The highest BCUT2D eigenvalue weighted by Crippen LogP contribution is 2.25. The lowest BCUT2D eigenvalue weighted by Gasteiger charge is -2.39. The summed E-state index contributed by atoms with van der Waals surface area (Å²) in [6.07, 6.45) is 2.27. The first-order valence-corrected chi connectivity index (χ1v) is 9.84. The molecule has 3 aromatic rings. The van der Waals surface area contributed by atoms with E-state index in [4.69, 9.17) is 0 Å². The molecular weight excluding hydrogens is 366 g/mol. The van der Waals surface area contributed by atoms with E-state index in [1.807, 2.05) is 66.5 Å². The van der Waals surface area contributed by atoms with Crippen LogP contribution in [-0.4, -0.2) is 74.9 Å². The van der Waals surface area contributed by atoms with E-state index < -0.39 is 0 Å². The van der Waals surface area contributed by atoms with Crippen molar-refractivity contribution >= 4 is 5.91 Å². The molecule has 0 aliphatic carbocycles. The summed E-state index contributed by atoms with van der Waals surface area (Å²) < 4.78 is 1.72. The molecule has 150 valence electrons. The minimum atomic E-state index is -0.108. The van der Waals surface area contributed by atoms with E-state index in [0.717, 1.165) is 24.3 Å². The fourth-order valence-electron chi connectivity index (χ4n) is 3.78. The number of benzene rings is 1. The number of aromatic nitrogens is 3. The fourth-order valence-corrected chi connectivity index (χ4v) is 3.78. The zero-order valence-corrected chi connectivity index (χ0v) is 16.5. The molecule has 1 unspecified atom stereocenters. The van der Waals surface area contributed by atoms with E-state index in [1.165, 1.54) is 0 Å².